The van der Waals surface area contributed by atoms with Crippen LogP contribution in [0.5, 0.6) is 0 Å². The van der Waals surface area contributed by atoms with Crippen molar-refractivity contribution in [1.29, 1.82) is 0 Å². The highest BCUT2D eigenvalue weighted by Crippen LogP contribution is 2.39. The molecule has 0 N–H and O–H groups in total. The van der Waals surface area contributed by atoms with Gasteiger partial charge in [0.1, 0.15) is 5.76 Å². The van der Waals surface area contributed by atoms with Gasteiger partial charge in [0, 0.05) is 67.3 Å². The number of halogens is 2. The summed E-state index contributed by atoms with van der Waals surface area (Å²) in [6.07, 6.45) is 8.72. The van der Waals surface area contributed by atoms with Gasteiger partial charge in [0.15, 0.2) is 0 Å². The molecule has 4 heterocycles. The largest absolute Gasteiger partial charge is 0.361 e. The molecule has 0 unspecified atom stereocenters. The number of nitrogens with zero attached hydrogens (tertiary/aromatic N) is 5. The molecule has 0 aromatic carbocycles. The molecule has 4 aromatic heterocycles. The van der Waals surface area contributed by atoms with Crippen LogP contribution in [0, 0.1) is 19.8 Å². The monoisotopic (exact) mass is 425 g/mol. The lowest BCUT2D eigenvalue weighted by atomic mass is 9.87. The zero-order valence-corrected chi connectivity index (χ0v) is 17.9. The molecule has 162 valence electrons. The Bertz CT molecular complexity index is 1220. The van der Waals surface area contributed by atoms with Gasteiger partial charge in [-0.2, -0.15) is 5.10 Å². The van der Waals surface area contributed by atoms with Gasteiger partial charge in [0.05, 0.1) is 22.9 Å². The van der Waals surface area contributed by atoms with E-state index in [0.717, 1.165) is 44.7 Å². The average molecular weight is 425 g/mol. The van der Waals surface area contributed by atoms with E-state index in [2.05, 4.69) is 27.1 Å². The molecule has 4 aromatic rings. The van der Waals surface area contributed by atoms with E-state index >= 15 is 0 Å². The van der Waals surface area contributed by atoms with E-state index < -0.39 is 5.92 Å². The number of aromatic nitrogens is 5. The first-order chi connectivity index (χ1) is 14.8. The second-order valence-corrected chi connectivity index (χ2v) is 8.69. The van der Waals surface area contributed by atoms with E-state index in [4.69, 9.17) is 9.51 Å². The van der Waals surface area contributed by atoms with Crippen molar-refractivity contribution in [3.63, 3.8) is 0 Å². The Morgan fingerprint density at radius 1 is 1.13 bits per heavy atom. The minimum atomic E-state index is -2.52. The summed E-state index contributed by atoms with van der Waals surface area (Å²) in [6.45, 7) is 4.50. The van der Waals surface area contributed by atoms with Crippen LogP contribution in [0.4, 0.5) is 8.78 Å². The molecule has 0 saturated heterocycles. The van der Waals surface area contributed by atoms with Crippen molar-refractivity contribution < 1.29 is 13.3 Å². The summed E-state index contributed by atoms with van der Waals surface area (Å²) in [6, 6.07) is 2.10. The SMILES string of the molecule is Cc1noc(C)c1-c1cnc2c(-c3cnn(C)c3)cn(CC3CCC(F)(F)CC3)c2c1. The number of rotatable bonds is 4. The van der Waals surface area contributed by atoms with Gasteiger partial charge >= 0.3 is 0 Å². The van der Waals surface area contributed by atoms with Gasteiger partial charge < -0.3 is 9.09 Å². The summed E-state index contributed by atoms with van der Waals surface area (Å²) < 4.78 is 36.6. The maximum absolute atomic E-state index is 13.6. The van der Waals surface area contributed by atoms with E-state index in [-0.39, 0.29) is 18.8 Å². The molecule has 1 fully saturated rings. The molecule has 5 rings (SSSR count). The van der Waals surface area contributed by atoms with Crippen molar-refractivity contribution in [2.24, 2.45) is 13.0 Å². The van der Waals surface area contributed by atoms with Crippen molar-refractivity contribution in [2.45, 2.75) is 52.0 Å². The lowest BCUT2D eigenvalue weighted by Gasteiger charge is -2.28. The van der Waals surface area contributed by atoms with Gasteiger partial charge in [-0.15, -0.1) is 0 Å². The van der Waals surface area contributed by atoms with Crippen LogP contribution in [-0.2, 0) is 13.6 Å². The summed E-state index contributed by atoms with van der Waals surface area (Å²) in [5, 5.41) is 8.36. The predicted octanol–water partition coefficient (Wildman–Crippen LogP) is 5.53. The standard InChI is InChI=1S/C23H25F2N5O/c1-14-21(15(2)31-28-14)17-8-20-22(26-9-17)19(18-10-27-29(3)12-18)13-30(20)11-16-4-6-23(24,25)7-5-16/h8-10,12-13,16H,4-7,11H2,1-3H3. The van der Waals surface area contributed by atoms with Crippen molar-refractivity contribution >= 4 is 11.0 Å². The van der Waals surface area contributed by atoms with Crippen LogP contribution in [-0.4, -0.2) is 30.4 Å². The number of pyridine rings is 1. The van der Waals surface area contributed by atoms with Crippen molar-refractivity contribution in [1.82, 2.24) is 24.5 Å². The van der Waals surface area contributed by atoms with E-state index in [1.54, 1.807) is 4.68 Å². The molecule has 0 atom stereocenters. The van der Waals surface area contributed by atoms with Gasteiger partial charge in [0.2, 0.25) is 5.92 Å². The second-order valence-electron chi connectivity index (χ2n) is 8.69. The molecule has 1 aliphatic carbocycles. The number of aryl methyl sites for hydroxylation is 3. The van der Waals surface area contributed by atoms with Crippen LogP contribution in [0.3, 0.4) is 0 Å². The highest BCUT2D eigenvalue weighted by molar-refractivity contribution is 5.94. The number of hydrogen-bond acceptors (Lipinski definition) is 4. The third-order valence-corrected chi connectivity index (χ3v) is 6.35. The van der Waals surface area contributed by atoms with Gasteiger partial charge in [0.25, 0.3) is 0 Å². The van der Waals surface area contributed by atoms with Crippen LogP contribution in [0.15, 0.2) is 35.4 Å². The first kappa shape index (κ1) is 19.9. The minimum absolute atomic E-state index is 0.0328. The van der Waals surface area contributed by atoms with E-state index in [9.17, 15) is 8.78 Å². The topological polar surface area (TPSA) is 61.7 Å². The molecule has 0 bridgehead atoms. The van der Waals surface area contributed by atoms with Gasteiger partial charge in [-0.25, -0.2) is 8.78 Å². The Morgan fingerprint density at radius 3 is 2.55 bits per heavy atom. The normalized spacial score (nSPS) is 16.9. The molecular formula is C23H25F2N5O. The summed E-state index contributed by atoms with van der Waals surface area (Å²) in [5.74, 6) is -1.55. The zero-order chi connectivity index (χ0) is 21.8. The quantitative estimate of drug-likeness (QED) is 0.431. The maximum atomic E-state index is 13.6. The third kappa shape index (κ3) is 3.64. The summed E-state index contributed by atoms with van der Waals surface area (Å²) in [7, 11) is 1.88. The molecule has 6 nitrogen and oxygen atoms in total. The summed E-state index contributed by atoms with van der Waals surface area (Å²) in [4.78, 5) is 4.79. The van der Waals surface area contributed by atoms with Crippen LogP contribution < -0.4 is 0 Å². The fraction of sp³-hybridized carbons (Fsp3) is 0.435. The van der Waals surface area contributed by atoms with Crippen molar-refractivity contribution in [3.05, 3.63) is 42.3 Å². The predicted molar refractivity (Wildman–Crippen MR) is 114 cm³/mol. The average Bonchev–Trinajstić information content (AvgIpc) is 3.41. The molecule has 0 spiro atoms. The van der Waals surface area contributed by atoms with Crippen LogP contribution in [0.25, 0.3) is 33.3 Å². The van der Waals surface area contributed by atoms with E-state index in [1.165, 1.54) is 0 Å². The Balaban J connectivity index is 1.59. The fourth-order valence-electron chi connectivity index (χ4n) is 4.68. The first-order valence-corrected chi connectivity index (χ1v) is 10.6. The number of alkyl halides is 2. The second kappa shape index (κ2) is 7.28. The van der Waals surface area contributed by atoms with Crippen LogP contribution in [0.2, 0.25) is 0 Å². The van der Waals surface area contributed by atoms with Gasteiger partial charge in [-0.3, -0.25) is 9.67 Å². The molecular weight excluding hydrogens is 400 g/mol. The Labute approximate surface area is 178 Å². The van der Waals surface area contributed by atoms with Crippen molar-refractivity contribution in [3.8, 4) is 22.3 Å². The van der Waals surface area contributed by atoms with E-state index in [1.807, 2.05) is 39.5 Å². The number of hydrogen-bond donors (Lipinski definition) is 0. The Hall–Kier alpha value is -3.03. The maximum Gasteiger partial charge on any atom is 0.248 e. The molecule has 1 aliphatic rings. The summed E-state index contributed by atoms with van der Waals surface area (Å²) >= 11 is 0. The molecule has 1 saturated carbocycles. The zero-order valence-electron chi connectivity index (χ0n) is 17.9. The minimum Gasteiger partial charge on any atom is -0.361 e. The Morgan fingerprint density at radius 2 is 1.90 bits per heavy atom. The van der Waals surface area contributed by atoms with Gasteiger partial charge in [-0.1, -0.05) is 5.16 Å². The molecule has 31 heavy (non-hydrogen) atoms. The van der Waals surface area contributed by atoms with Crippen LogP contribution >= 0.6 is 0 Å². The van der Waals surface area contributed by atoms with E-state index in [0.29, 0.717) is 19.4 Å². The molecule has 8 heteroatoms. The highest BCUT2D eigenvalue weighted by Gasteiger charge is 2.35. The first-order valence-electron chi connectivity index (χ1n) is 10.6. The van der Waals surface area contributed by atoms with Gasteiger partial charge in [-0.05, 0) is 38.7 Å². The summed E-state index contributed by atoms with van der Waals surface area (Å²) in [5.41, 5.74) is 6.55. The van der Waals surface area contributed by atoms with Crippen molar-refractivity contribution in [2.75, 3.05) is 0 Å². The lowest BCUT2D eigenvalue weighted by Crippen LogP contribution is -2.26. The fourth-order valence-corrected chi connectivity index (χ4v) is 4.68. The molecule has 0 amide bonds. The third-order valence-electron chi connectivity index (χ3n) is 6.35. The molecule has 0 radical (unpaired) electrons. The lowest BCUT2D eigenvalue weighted by molar-refractivity contribution is -0.0472. The molecule has 0 aliphatic heterocycles. The number of fused-ring (bicyclic) bond motifs is 1. The Kier molecular flexibility index (Phi) is 4.68. The smallest absolute Gasteiger partial charge is 0.248 e. The highest BCUT2D eigenvalue weighted by atomic mass is 19.3. The van der Waals surface area contributed by atoms with Crippen LogP contribution in [0.1, 0.15) is 37.1 Å².